The van der Waals surface area contributed by atoms with E-state index in [2.05, 4.69) is 4.74 Å². The Kier molecular flexibility index (Phi) is 5.21. The molecule has 1 aromatic rings. The molecule has 7 heteroatoms. The van der Waals surface area contributed by atoms with E-state index in [1.54, 1.807) is 13.0 Å². The quantitative estimate of drug-likeness (QED) is 0.824. The highest BCUT2D eigenvalue weighted by molar-refractivity contribution is 5.92. The van der Waals surface area contributed by atoms with Gasteiger partial charge in [0.25, 0.3) is 0 Å². The minimum Gasteiger partial charge on any atom is -0.462 e. The predicted molar refractivity (Wildman–Crippen MR) is 61.6 cm³/mol. The van der Waals surface area contributed by atoms with E-state index in [4.69, 9.17) is 15.7 Å². The Bertz CT molecular complexity index is 512. The van der Waals surface area contributed by atoms with Gasteiger partial charge >= 0.3 is 12.6 Å². The lowest BCUT2D eigenvalue weighted by Gasteiger charge is -2.14. The molecule has 1 rings (SSSR count). The SMILES string of the molecule is CCOC(=O)c1ccc(C#N)c(OC(F)F)c1CN. The monoisotopic (exact) mass is 270 g/mol. The largest absolute Gasteiger partial charge is 0.462 e. The van der Waals surface area contributed by atoms with Gasteiger partial charge in [-0.25, -0.2) is 4.79 Å². The van der Waals surface area contributed by atoms with E-state index in [1.807, 2.05) is 0 Å². The number of ether oxygens (including phenoxy) is 2. The van der Waals surface area contributed by atoms with Gasteiger partial charge in [-0.05, 0) is 19.1 Å². The molecule has 19 heavy (non-hydrogen) atoms. The van der Waals surface area contributed by atoms with Gasteiger partial charge in [0, 0.05) is 12.1 Å². The average molecular weight is 270 g/mol. The molecule has 0 heterocycles. The highest BCUT2D eigenvalue weighted by Gasteiger charge is 2.21. The summed E-state index contributed by atoms with van der Waals surface area (Å²) in [4.78, 5) is 11.7. The van der Waals surface area contributed by atoms with Crippen molar-refractivity contribution in [2.45, 2.75) is 20.1 Å². The number of esters is 1. The number of nitriles is 1. The van der Waals surface area contributed by atoms with E-state index in [0.29, 0.717) is 0 Å². The van der Waals surface area contributed by atoms with Gasteiger partial charge in [0.15, 0.2) is 0 Å². The molecule has 0 radical (unpaired) electrons. The fourth-order valence-electron chi connectivity index (χ4n) is 1.54. The number of carbonyl (C=O) groups excluding carboxylic acids is 1. The van der Waals surface area contributed by atoms with Crippen LogP contribution in [-0.4, -0.2) is 19.2 Å². The van der Waals surface area contributed by atoms with Crippen LogP contribution < -0.4 is 10.5 Å². The second-order valence-corrected chi connectivity index (χ2v) is 3.38. The van der Waals surface area contributed by atoms with E-state index in [9.17, 15) is 13.6 Å². The standard InChI is InChI=1S/C12H12F2N2O3/c1-2-18-11(17)8-4-3-7(5-15)10(9(8)6-16)19-12(13)14/h3-4,12H,2,6,16H2,1H3. The molecule has 0 atom stereocenters. The molecule has 1 aromatic carbocycles. The Morgan fingerprint density at radius 1 is 1.53 bits per heavy atom. The molecule has 5 nitrogen and oxygen atoms in total. The molecule has 0 saturated carbocycles. The third kappa shape index (κ3) is 3.39. The molecular formula is C12H12F2N2O3. The molecule has 0 spiro atoms. The van der Waals surface area contributed by atoms with Crippen molar-refractivity contribution in [1.82, 2.24) is 0 Å². The van der Waals surface area contributed by atoms with Crippen molar-refractivity contribution in [3.63, 3.8) is 0 Å². The topological polar surface area (TPSA) is 85.3 Å². The summed E-state index contributed by atoms with van der Waals surface area (Å²) in [5, 5.41) is 8.85. The summed E-state index contributed by atoms with van der Waals surface area (Å²) in [7, 11) is 0. The maximum Gasteiger partial charge on any atom is 0.387 e. The van der Waals surface area contributed by atoms with E-state index in [1.165, 1.54) is 12.1 Å². The lowest BCUT2D eigenvalue weighted by molar-refractivity contribution is -0.0507. The highest BCUT2D eigenvalue weighted by atomic mass is 19.3. The highest BCUT2D eigenvalue weighted by Crippen LogP contribution is 2.29. The summed E-state index contributed by atoms with van der Waals surface area (Å²) in [5.41, 5.74) is 5.36. The summed E-state index contributed by atoms with van der Waals surface area (Å²) in [6.45, 7) is -1.60. The van der Waals surface area contributed by atoms with Gasteiger partial charge in [0.05, 0.1) is 17.7 Å². The zero-order valence-electron chi connectivity index (χ0n) is 10.2. The lowest BCUT2D eigenvalue weighted by Crippen LogP contribution is -2.15. The second-order valence-electron chi connectivity index (χ2n) is 3.38. The van der Waals surface area contributed by atoms with Crippen LogP contribution in [0.5, 0.6) is 5.75 Å². The smallest absolute Gasteiger partial charge is 0.387 e. The maximum atomic E-state index is 12.3. The summed E-state index contributed by atoms with van der Waals surface area (Å²) in [6.07, 6.45) is 0. The van der Waals surface area contributed by atoms with Crippen molar-refractivity contribution in [3.05, 3.63) is 28.8 Å². The first-order valence-corrected chi connectivity index (χ1v) is 5.43. The molecule has 0 aliphatic heterocycles. The van der Waals surface area contributed by atoms with Crippen LogP contribution in [0.1, 0.15) is 28.4 Å². The van der Waals surface area contributed by atoms with E-state index < -0.39 is 12.6 Å². The number of nitrogens with two attached hydrogens (primary N) is 1. The number of hydrogen-bond donors (Lipinski definition) is 1. The first-order chi connectivity index (χ1) is 9.04. The van der Waals surface area contributed by atoms with Gasteiger partial charge in [-0.1, -0.05) is 0 Å². The molecule has 0 saturated heterocycles. The van der Waals surface area contributed by atoms with Gasteiger partial charge in [-0.3, -0.25) is 0 Å². The van der Waals surface area contributed by atoms with Crippen molar-refractivity contribution in [3.8, 4) is 11.8 Å². The van der Waals surface area contributed by atoms with Crippen LogP contribution in [0, 0.1) is 11.3 Å². The molecule has 2 N–H and O–H groups in total. The first-order valence-electron chi connectivity index (χ1n) is 5.43. The second kappa shape index (κ2) is 6.66. The fraction of sp³-hybridized carbons (Fsp3) is 0.333. The molecule has 0 aliphatic carbocycles. The van der Waals surface area contributed by atoms with Crippen molar-refractivity contribution < 1.29 is 23.0 Å². The average Bonchev–Trinajstić information content (AvgIpc) is 2.37. The Morgan fingerprint density at radius 2 is 2.21 bits per heavy atom. The van der Waals surface area contributed by atoms with E-state index in [-0.39, 0.29) is 35.6 Å². The Morgan fingerprint density at radius 3 is 2.68 bits per heavy atom. The van der Waals surface area contributed by atoms with Crippen molar-refractivity contribution in [1.29, 1.82) is 5.26 Å². The molecule has 0 unspecified atom stereocenters. The summed E-state index contributed by atoms with van der Waals surface area (Å²) >= 11 is 0. The zero-order valence-corrected chi connectivity index (χ0v) is 10.2. The normalized spacial score (nSPS) is 10.1. The molecule has 102 valence electrons. The van der Waals surface area contributed by atoms with E-state index >= 15 is 0 Å². The number of benzene rings is 1. The van der Waals surface area contributed by atoms with Crippen LogP contribution in [0.2, 0.25) is 0 Å². The van der Waals surface area contributed by atoms with Gasteiger partial charge in [0.2, 0.25) is 0 Å². The molecule has 0 bridgehead atoms. The van der Waals surface area contributed by atoms with Crippen LogP contribution in [0.3, 0.4) is 0 Å². The minimum absolute atomic E-state index is 0.0130. The van der Waals surface area contributed by atoms with E-state index in [0.717, 1.165) is 0 Å². The third-order valence-electron chi connectivity index (χ3n) is 2.29. The molecular weight excluding hydrogens is 258 g/mol. The van der Waals surface area contributed by atoms with Gasteiger partial charge in [0.1, 0.15) is 11.8 Å². The summed E-state index contributed by atoms with van der Waals surface area (Å²) < 4.78 is 33.8. The number of alkyl halides is 2. The van der Waals surface area contributed by atoms with Crippen LogP contribution in [0.4, 0.5) is 8.78 Å². The van der Waals surface area contributed by atoms with Crippen molar-refractivity contribution in [2.24, 2.45) is 5.73 Å². The third-order valence-corrected chi connectivity index (χ3v) is 2.29. The number of nitrogens with zero attached hydrogens (tertiary/aromatic N) is 1. The van der Waals surface area contributed by atoms with Crippen LogP contribution in [-0.2, 0) is 11.3 Å². The summed E-state index contributed by atoms with van der Waals surface area (Å²) in [6, 6.07) is 4.22. The van der Waals surface area contributed by atoms with Gasteiger partial charge in [-0.2, -0.15) is 14.0 Å². The van der Waals surface area contributed by atoms with Gasteiger partial charge in [-0.15, -0.1) is 0 Å². The van der Waals surface area contributed by atoms with Crippen LogP contribution in [0.15, 0.2) is 12.1 Å². The molecule has 0 aromatic heterocycles. The van der Waals surface area contributed by atoms with Crippen LogP contribution >= 0.6 is 0 Å². The Balaban J connectivity index is 3.36. The first kappa shape index (κ1) is 14.9. The molecule has 0 fully saturated rings. The Hall–Kier alpha value is -2.20. The maximum absolute atomic E-state index is 12.3. The zero-order chi connectivity index (χ0) is 14.4. The van der Waals surface area contributed by atoms with Crippen molar-refractivity contribution in [2.75, 3.05) is 6.61 Å². The number of hydrogen-bond acceptors (Lipinski definition) is 5. The predicted octanol–water partition coefficient (Wildman–Crippen LogP) is 1.80. The summed E-state index contributed by atoms with van der Waals surface area (Å²) in [5.74, 6) is -1.09. The van der Waals surface area contributed by atoms with Crippen LogP contribution in [0.25, 0.3) is 0 Å². The lowest BCUT2D eigenvalue weighted by atomic mass is 10.0. The number of carbonyl (C=O) groups is 1. The number of rotatable bonds is 5. The fourth-order valence-corrected chi connectivity index (χ4v) is 1.54. The molecule has 0 amide bonds. The minimum atomic E-state index is -3.12. The van der Waals surface area contributed by atoms with Gasteiger partial charge < -0.3 is 15.2 Å². The number of halogens is 2. The van der Waals surface area contributed by atoms with Crippen molar-refractivity contribution >= 4 is 5.97 Å². The Labute approximate surface area is 108 Å². The molecule has 0 aliphatic rings.